The van der Waals surface area contributed by atoms with Gasteiger partial charge in [0.15, 0.2) is 11.5 Å². The smallest absolute Gasteiger partial charge is 0.286 e. The number of benzene rings is 2. The van der Waals surface area contributed by atoms with Crippen molar-refractivity contribution in [3.8, 4) is 11.5 Å². The number of nitrogens with zero attached hydrogens (tertiary/aromatic N) is 2. The Morgan fingerprint density at radius 3 is 2.56 bits per heavy atom. The van der Waals surface area contributed by atoms with Gasteiger partial charge in [-0.05, 0) is 48.1 Å². The number of fused-ring (bicyclic) bond motifs is 1. The summed E-state index contributed by atoms with van der Waals surface area (Å²) in [7, 11) is 2.74. The Hall–Kier alpha value is -3.92. The number of hydrogen-bond acceptors (Lipinski definition) is 7. The number of rotatable bonds is 6. The van der Waals surface area contributed by atoms with Crippen molar-refractivity contribution in [1.82, 2.24) is 4.90 Å². The second-order valence-corrected chi connectivity index (χ2v) is 8.76. The summed E-state index contributed by atoms with van der Waals surface area (Å²) in [5.74, 6) is -0.481. The molecule has 1 aliphatic heterocycles. The normalized spacial score (nSPS) is 12.6. The van der Waals surface area contributed by atoms with Gasteiger partial charge < -0.3 is 19.7 Å². The van der Waals surface area contributed by atoms with Crippen molar-refractivity contribution in [1.29, 1.82) is 0 Å². The molecular formula is C24H23N3O6S. The third-order valence-corrected chi connectivity index (χ3v) is 6.87. The van der Waals surface area contributed by atoms with Crippen LogP contribution in [0.4, 0.5) is 11.4 Å². The van der Waals surface area contributed by atoms with Gasteiger partial charge in [0.25, 0.3) is 17.5 Å². The van der Waals surface area contributed by atoms with E-state index >= 15 is 0 Å². The standard InChI is InChI=1S/C24H23N3O6S/c1-14-16(24(29)26-9-7-22-15(13-26)8-10-34-22)5-4-6-18(14)25-23(28)17-11-20(32-2)21(33-3)12-19(17)27(30)31/h4-6,8,10-12H,7,9,13H2,1-3H3,(H,25,28). The Morgan fingerprint density at radius 1 is 1.12 bits per heavy atom. The van der Waals surface area contributed by atoms with E-state index in [9.17, 15) is 19.7 Å². The highest BCUT2D eigenvalue weighted by Crippen LogP contribution is 2.35. The van der Waals surface area contributed by atoms with E-state index in [2.05, 4.69) is 5.32 Å². The van der Waals surface area contributed by atoms with Crippen LogP contribution in [0.1, 0.15) is 36.7 Å². The molecule has 0 aliphatic carbocycles. The zero-order chi connectivity index (χ0) is 24.4. The molecule has 176 valence electrons. The van der Waals surface area contributed by atoms with Gasteiger partial charge >= 0.3 is 0 Å². The Labute approximate surface area is 200 Å². The van der Waals surface area contributed by atoms with Gasteiger partial charge in [0.05, 0.1) is 25.2 Å². The molecule has 1 aliphatic rings. The molecule has 1 N–H and O–H groups in total. The summed E-state index contributed by atoms with van der Waals surface area (Å²) in [5, 5.41) is 16.3. The molecule has 2 aromatic carbocycles. The van der Waals surface area contributed by atoms with E-state index in [-0.39, 0.29) is 23.0 Å². The van der Waals surface area contributed by atoms with Crippen LogP contribution in [-0.4, -0.2) is 42.4 Å². The summed E-state index contributed by atoms with van der Waals surface area (Å²) in [6.45, 7) is 2.91. The topological polar surface area (TPSA) is 111 Å². The lowest BCUT2D eigenvalue weighted by molar-refractivity contribution is -0.385. The fraction of sp³-hybridized carbons (Fsp3) is 0.250. The Balaban J connectivity index is 1.61. The van der Waals surface area contributed by atoms with Crippen molar-refractivity contribution in [2.45, 2.75) is 19.9 Å². The SMILES string of the molecule is COc1cc(C(=O)Nc2cccc(C(=O)N3CCc4sccc4C3)c2C)c([N+](=O)[O-])cc1OC. The monoisotopic (exact) mass is 481 g/mol. The van der Waals surface area contributed by atoms with Gasteiger partial charge in [0.2, 0.25) is 0 Å². The Morgan fingerprint density at radius 2 is 1.85 bits per heavy atom. The molecule has 0 spiro atoms. The molecular weight excluding hydrogens is 458 g/mol. The summed E-state index contributed by atoms with van der Waals surface area (Å²) in [6.07, 6.45) is 0.817. The second-order valence-electron chi connectivity index (χ2n) is 7.76. The highest BCUT2D eigenvalue weighted by atomic mass is 32.1. The maximum absolute atomic E-state index is 13.3. The molecule has 1 aromatic heterocycles. The summed E-state index contributed by atoms with van der Waals surface area (Å²) < 4.78 is 10.3. The zero-order valence-electron chi connectivity index (χ0n) is 18.9. The fourth-order valence-electron chi connectivity index (χ4n) is 3.99. The predicted octanol–water partition coefficient (Wildman–Crippen LogP) is 4.43. The third-order valence-electron chi connectivity index (χ3n) is 5.85. The van der Waals surface area contributed by atoms with Crippen molar-refractivity contribution >= 4 is 34.5 Å². The third kappa shape index (κ3) is 4.32. The molecule has 0 saturated carbocycles. The van der Waals surface area contributed by atoms with Crippen LogP contribution in [0.15, 0.2) is 41.8 Å². The van der Waals surface area contributed by atoms with Crippen LogP contribution in [0.5, 0.6) is 11.5 Å². The molecule has 9 nitrogen and oxygen atoms in total. The summed E-state index contributed by atoms with van der Waals surface area (Å²) >= 11 is 1.70. The molecule has 2 heterocycles. The van der Waals surface area contributed by atoms with Crippen molar-refractivity contribution in [3.63, 3.8) is 0 Å². The lowest BCUT2D eigenvalue weighted by Crippen LogP contribution is -2.35. The van der Waals surface area contributed by atoms with Crippen LogP contribution >= 0.6 is 11.3 Å². The maximum atomic E-state index is 13.3. The van der Waals surface area contributed by atoms with E-state index in [1.807, 2.05) is 11.4 Å². The van der Waals surface area contributed by atoms with Crippen molar-refractivity contribution in [3.05, 3.63) is 79.0 Å². The number of carbonyl (C=O) groups is 2. The van der Waals surface area contributed by atoms with E-state index in [0.29, 0.717) is 29.9 Å². The summed E-state index contributed by atoms with van der Waals surface area (Å²) in [6, 6.07) is 9.51. The maximum Gasteiger partial charge on any atom is 0.286 e. The molecule has 2 amide bonds. The Kier molecular flexibility index (Phi) is 6.51. The molecule has 0 bridgehead atoms. The minimum atomic E-state index is -0.693. The molecule has 0 unspecified atom stereocenters. The second kappa shape index (κ2) is 9.52. The summed E-state index contributed by atoms with van der Waals surface area (Å²) in [4.78, 5) is 40.3. The Bertz CT molecular complexity index is 1290. The minimum Gasteiger partial charge on any atom is -0.493 e. The van der Waals surface area contributed by atoms with Crippen LogP contribution < -0.4 is 14.8 Å². The van der Waals surface area contributed by atoms with Gasteiger partial charge in [-0.2, -0.15) is 0 Å². The van der Waals surface area contributed by atoms with Gasteiger partial charge in [0.1, 0.15) is 5.56 Å². The van der Waals surface area contributed by atoms with Crippen LogP contribution in [0.2, 0.25) is 0 Å². The lowest BCUT2D eigenvalue weighted by Gasteiger charge is -2.28. The number of nitro benzene ring substituents is 1. The highest BCUT2D eigenvalue weighted by molar-refractivity contribution is 7.10. The van der Waals surface area contributed by atoms with Crippen molar-refractivity contribution in [2.75, 3.05) is 26.1 Å². The molecule has 0 radical (unpaired) electrons. The molecule has 0 fully saturated rings. The molecule has 10 heteroatoms. The molecule has 0 saturated heterocycles. The fourth-order valence-corrected chi connectivity index (χ4v) is 4.88. The average Bonchev–Trinajstić information content (AvgIpc) is 3.31. The number of methoxy groups -OCH3 is 2. The van der Waals surface area contributed by atoms with E-state index in [1.54, 1.807) is 41.4 Å². The van der Waals surface area contributed by atoms with Crippen LogP contribution in [0.3, 0.4) is 0 Å². The van der Waals surface area contributed by atoms with Crippen LogP contribution in [0, 0.1) is 17.0 Å². The number of amides is 2. The van der Waals surface area contributed by atoms with Crippen molar-refractivity contribution < 1.29 is 24.0 Å². The molecule has 3 aromatic rings. The van der Waals surface area contributed by atoms with Crippen molar-refractivity contribution in [2.24, 2.45) is 0 Å². The number of nitrogens with one attached hydrogen (secondary N) is 1. The van der Waals surface area contributed by atoms with Gasteiger partial charge in [-0.3, -0.25) is 19.7 Å². The minimum absolute atomic E-state index is 0.123. The number of carbonyl (C=O) groups excluding carboxylic acids is 2. The average molecular weight is 482 g/mol. The molecule has 0 atom stereocenters. The number of anilines is 1. The van der Waals surface area contributed by atoms with Crippen LogP contribution in [-0.2, 0) is 13.0 Å². The first-order chi connectivity index (χ1) is 16.3. The van der Waals surface area contributed by atoms with Crippen LogP contribution in [0.25, 0.3) is 0 Å². The molecule has 34 heavy (non-hydrogen) atoms. The number of hydrogen-bond donors (Lipinski definition) is 1. The quantitative estimate of drug-likeness (QED) is 0.412. The van der Waals surface area contributed by atoms with Gasteiger partial charge in [-0.1, -0.05) is 6.07 Å². The molecule has 4 rings (SSSR count). The van der Waals surface area contributed by atoms with Gasteiger partial charge in [-0.15, -0.1) is 11.3 Å². The first-order valence-corrected chi connectivity index (χ1v) is 11.4. The summed E-state index contributed by atoms with van der Waals surface area (Å²) in [5.41, 5.74) is 2.01. The first-order valence-electron chi connectivity index (χ1n) is 10.5. The number of thiophene rings is 1. The van der Waals surface area contributed by atoms with Gasteiger partial charge in [-0.25, -0.2) is 0 Å². The van der Waals surface area contributed by atoms with E-state index in [0.717, 1.165) is 18.1 Å². The number of nitro groups is 1. The van der Waals surface area contributed by atoms with E-state index in [1.165, 1.54) is 25.2 Å². The zero-order valence-corrected chi connectivity index (χ0v) is 19.7. The highest BCUT2D eigenvalue weighted by Gasteiger charge is 2.27. The predicted molar refractivity (Wildman–Crippen MR) is 128 cm³/mol. The largest absolute Gasteiger partial charge is 0.493 e. The first kappa shape index (κ1) is 23.2. The lowest BCUT2D eigenvalue weighted by atomic mass is 10.0. The number of ether oxygens (including phenoxy) is 2. The van der Waals surface area contributed by atoms with E-state index in [4.69, 9.17) is 9.47 Å². The van der Waals surface area contributed by atoms with E-state index < -0.39 is 16.5 Å². The van der Waals surface area contributed by atoms with Gasteiger partial charge in [0, 0.05) is 35.3 Å².